The standard InChI is InChI=1S/C13H16BrF2NO/c1-17-6-5-12(13(15,16)9-17)18-8-10-3-2-4-11(14)7-10/h2-4,7,12H,5-6,8-9H2,1H3. The largest absolute Gasteiger partial charge is 0.367 e. The Morgan fingerprint density at radius 2 is 2.28 bits per heavy atom. The van der Waals surface area contributed by atoms with Crippen molar-refractivity contribution >= 4 is 15.9 Å². The number of rotatable bonds is 3. The van der Waals surface area contributed by atoms with Crippen LogP contribution in [0, 0.1) is 0 Å². The zero-order chi connectivity index (χ0) is 13.2. The minimum Gasteiger partial charge on any atom is -0.367 e. The van der Waals surface area contributed by atoms with Crippen LogP contribution in [0.2, 0.25) is 0 Å². The van der Waals surface area contributed by atoms with E-state index in [4.69, 9.17) is 4.74 Å². The van der Waals surface area contributed by atoms with Crippen LogP contribution in [0.1, 0.15) is 12.0 Å². The summed E-state index contributed by atoms with van der Waals surface area (Å²) >= 11 is 3.35. The number of piperidine rings is 1. The van der Waals surface area contributed by atoms with Crippen molar-refractivity contribution in [2.75, 3.05) is 20.1 Å². The van der Waals surface area contributed by atoms with E-state index < -0.39 is 12.0 Å². The van der Waals surface area contributed by atoms with E-state index >= 15 is 0 Å². The summed E-state index contributed by atoms with van der Waals surface area (Å²) in [5, 5.41) is 0. The monoisotopic (exact) mass is 319 g/mol. The molecule has 0 aliphatic carbocycles. The van der Waals surface area contributed by atoms with E-state index in [-0.39, 0.29) is 13.2 Å². The van der Waals surface area contributed by atoms with Gasteiger partial charge in [0.25, 0.3) is 5.92 Å². The number of likely N-dealkylation sites (tertiary alicyclic amines) is 1. The number of halogens is 3. The highest BCUT2D eigenvalue weighted by Gasteiger charge is 2.44. The van der Waals surface area contributed by atoms with Gasteiger partial charge in [-0.3, -0.25) is 0 Å². The lowest BCUT2D eigenvalue weighted by molar-refractivity contribution is -0.174. The van der Waals surface area contributed by atoms with E-state index in [0.717, 1.165) is 10.0 Å². The lowest BCUT2D eigenvalue weighted by Gasteiger charge is -2.36. The molecule has 2 rings (SSSR count). The van der Waals surface area contributed by atoms with Gasteiger partial charge in [0.15, 0.2) is 0 Å². The normalized spacial score (nSPS) is 24.1. The second-order valence-corrected chi connectivity index (χ2v) is 5.63. The second-order valence-electron chi connectivity index (χ2n) is 4.72. The Hall–Kier alpha value is -0.520. The maximum Gasteiger partial charge on any atom is 0.286 e. The van der Waals surface area contributed by atoms with Crippen LogP contribution in [0.5, 0.6) is 0 Å². The van der Waals surface area contributed by atoms with Crippen LogP contribution < -0.4 is 0 Å². The van der Waals surface area contributed by atoms with E-state index in [9.17, 15) is 8.78 Å². The zero-order valence-electron chi connectivity index (χ0n) is 10.2. The van der Waals surface area contributed by atoms with Crippen molar-refractivity contribution in [3.05, 3.63) is 34.3 Å². The molecule has 1 saturated heterocycles. The fourth-order valence-electron chi connectivity index (χ4n) is 2.12. The summed E-state index contributed by atoms with van der Waals surface area (Å²) in [6.45, 7) is 0.651. The molecular formula is C13H16BrF2NO. The van der Waals surface area contributed by atoms with Crippen LogP contribution in [-0.2, 0) is 11.3 Å². The first-order valence-electron chi connectivity index (χ1n) is 5.90. The van der Waals surface area contributed by atoms with Gasteiger partial charge < -0.3 is 9.64 Å². The van der Waals surface area contributed by atoms with Gasteiger partial charge >= 0.3 is 0 Å². The van der Waals surface area contributed by atoms with E-state index in [2.05, 4.69) is 15.9 Å². The van der Waals surface area contributed by atoms with Crippen LogP contribution in [0.3, 0.4) is 0 Å². The lowest BCUT2D eigenvalue weighted by Crippen LogP contribution is -2.51. The summed E-state index contributed by atoms with van der Waals surface area (Å²) in [5.41, 5.74) is 0.902. The highest BCUT2D eigenvalue weighted by atomic mass is 79.9. The highest BCUT2D eigenvalue weighted by molar-refractivity contribution is 9.10. The smallest absolute Gasteiger partial charge is 0.286 e. The number of benzene rings is 1. The molecule has 0 bridgehead atoms. The number of ether oxygens (including phenoxy) is 1. The van der Waals surface area contributed by atoms with E-state index in [1.165, 1.54) is 0 Å². The maximum absolute atomic E-state index is 13.7. The summed E-state index contributed by atoms with van der Waals surface area (Å²) in [6.07, 6.45) is -0.606. The molecule has 1 atom stereocenters. The average Bonchev–Trinajstić information content (AvgIpc) is 2.26. The zero-order valence-corrected chi connectivity index (χ0v) is 11.8. The Morgan fingerprint density at radius 3 is 2.94 bits per heavy atom. The summed E-state index contributed by atoms with van der Waals surface area (Å²) < 4.78 is 33.8. The number of nitrogens with zero attached hydrogens (tertiary/aromatic N) is 1. The predicted octanol–water partition coefficient (Wildman–Crippen LogP) is 3.31. The maximum atomic E-state index is 13.7. The van der Waals surface area contributed by atoms with Crippen molar-refractivity contribution in [3.63, 3.8) is 0 Å². The van der Waals surface area contributed by atoms with Gasteiger partial charge in [-0.1, -0.05) is 28.1 Å². The molecule has 0 amide bonds. The third-order valence-electron chi connectivity index (χ3n) is 3.07. The number of hydrogen-bond acceptors (Lipinski definition) is 2. The van der Waals surface area contributed by atoms with Crippen LogP contribution in [0.25, 0.3) is 0 Å². The van der Waals surface area contributed by atoms with Gasteiger partial charge in [-0.15, -0.1) is 0 Å². The first-order chi connectivity index (χ1) is 8.47. The van der Waals surface area contributed by atoms with Gasteiger partial charge in [0.2, 0.25) is 0 Å². The van der Waals surface area contributed by atoms with Crippen LogP contribution in [0.15, 0.2) is 28.7 Å². The molecule has 18 heavy (non-hydrogen) atoms. The van der Waals surface area contributed by atoms with Gasteiger partial charge in [0.1, 0.15) is 6.10 Å². The molecule has 1 heterocycles. The van der Waals surface area contributed by atoms with Gasteiger partial charge in [0, 0.05) is 11.0 Å². The lowest BCUT2D eigenvalue weighted by atomic mass is 10.0. The summed E-state index contributed by atoms with van der Waals surface area (Å²) in [5.74, 6) is -2.76. The Kier molecular flexibility index (Phi) is 4.35. The molecule has 1 aliphatic heterocycles. The molecule has 0 N–H and O–H groups in total. The van der Waals surface area contributed by atoms with Gasteiger partial charge in [-0.25, -0.2) is 8.78 Å². The SMILES string of the molecule is CN1CCC(OCc2cccc(Br)c2)C(F)(F)C1. The molecule has 0 radical (unpaired) electrons. The fourth-order valence-corrected chi connectivity index (χ4v) is 2.57. The van der Waals surface area contributed by atoms with Crippen molar-refractivity contribution in [2.45, 2.75) is 25.1 Å². The summed E-state index contributed by atoms with van der Waals surface area (Å²) in [6, 6.07) is 7.52. The second kappa shape index (κ2) is 5.63. The van der Waals surface area contributed by atoms with Crippen molar-refractivity contribution in [3.8, 4) is 0 Å². The molecule has 5 heteroatoms. The molecular weight excluding hydrogens is 304 g/mol. The number of alkyl halides is 2. The average molecular weight is 320 g/mol. The molecule has 0 aromatic heterocycles. The van der Waals surface area contributed by atoms with Crippen molar-refractivity contribution in [1.29, 1.82) is 0 Å². The van der Waals surface area contributed by atoms with Gasteiger partial charge in [-0.05, 0) is 31.2 Å². The van der Waals surface area contributed by atoms with Crippen LogP contribution in [0.4, 0.5) is 8.78 Å². The fraction of sp³-hybridized carbons (Fsp3) is 0.538. The first kappa shape index (κ1) is 13.9. The molecule has 0 saturated carbocycles. The van der Waals surface area contributed by atoms with E-state index in [1.54, 1.807) is 11.9 Å². The van der Waals surface area contributed by atoms with E-state index in [1.807, 2.05) is 24.3 Å². The quantitative estimate of drug-likeness (QED) is 0.847. The van der Waals surface area contributed by atoms with Gasteiger partial charge in [0.05, 0.1) is 13.2 Å². The first-order valence-corrected chi connectivity index (χ1v) is 6.69. The highest BCUT2D eigenvalue weighted by Crippen LogP contribution is 2.29. The minimum absolute atomic E-state index is 0.226. The Labute approximate surface area is 114 Å². The summed E-state index contributed by atoms with van der Waals surface area (Å²) in [4.78, 5) is 1.64. The summed E-state index contributed by atoms with van der Waals surface area (Å²) in [7, 11) is 1.71. The Morgan fingerprint density at radius 1 is 1.50 bits per heavy atom. The van der Waals surface area contributed by atoms with Gasteiger partial charge in [-0.2, -0.15) is 0 Å². The molecule has 1 fully saturated rings. The topological polar surface area (TPSA) is 12.5 Å². The third kappa shape index (κ3) is 3.49. The minimum atomic E-state index is -2.76. The van der Waals surface area contributed by atoms with Crippen molar-refractivity contribution in [2.24, 2.45) is 0 Å². The molecule has 100 valence electrons. The van der Waals surface area contributed by atoms with Crippen molar-refractivity contribution in [1.82, 2.24) is 4.90 Å². The van der Waals surface area contributed by atoms with Crippen LogP contribution >= 0.6 is 15.9 Å². The number of hydrogen-bond donors (Lipinski definition) is 0. The molecule has 1 aromatic rings. The van der Waals surface area contributed by atoms with Crippen molar-refractivity contribution < 1.29 is 13.5 Å². The predicted molar refractivity (Wildman–Crippen MR) is 69.8 cm³/mol. The molecule has 1 aliphatic rings. The molecule has 0 spiro atoms. The molecule has 1 unspecified atom stereocenters. The van der Waals surface area contributed by atoms with E-state index in [0.29, 0.717) is 13.0 Å². The Bertz CT molecular complexity index is 414. The molecule has 1 aromatic carbocycles. The van der Waals surface area contributed by atoms with Crippen LogP contribution in [-0.4, -0.2) is 37.1 Å². The third-order valence-corrected chi connectivity index (χ3v) is 3.56. The molecule has 2 nitrogen and oxygen atoms in total. The Balaban J connectivity index is 1.94.